The second-order valence-electron chi connectivity index (χ2n) is 8.11. The zero-order chi connectivity index (χ0) is 24.4. The lowest BCUT2D eigenvalue weighted by atomic mass is 9.95. The van der Waals surface area contributed by atoms with E-state index in [2.05, 4.69) is 18.7 Å². The number of carbonyl (C=O) groups excluding carboxylic acids is 2. The molecule has 2 aliphatic heterocycles. The number of halogens is 2. The molecule has 0 aromatic heterocycles. The molecule has 9 heteroatoms. The number of hydrogen-bond donors (Lipinski definition) is 1. The Hall–Kier alpha value is -2.74. The zero-order valence-corrected chi connectivity index (χ0v) is 20.5. The van der Waals surface area contributed by atoms with Crippen molar-refractivity contribution in [2.75, 3.05) is 33.0 Å². The van der Waals surface area contributed by atoms with E-state index in [-0.39, 0.29) is 18.1 Å². The Morgan fingerprint density at radius 2 is 1.79 bits per heavy atom. The molecule has 1 atom stereocenters. The Labute approximate surface area is 208 Å². The van der Waals surface area contributed by atoms with Crippen LogP contribution in [-0.4, -0.2) is 59.6 Å². The Bertz CT molecular complexity index is 1150. The van der Waals surface area contributed by atoms with Crippen molar-refractivity contribution in [3.05, 3.63) is 63.1 Å². The van der Waals surface area contributed by atoms with Gasteiger partial charge in [0.2, 0.25) is 6.79 Å². The van der Waals surface area contributed by atoms with E-state index in [1.54, 1.807) is 36.4 Å². The average Bonchev–Trinajstić information content (AvgIpc) is 3.40. The quantitative estimate of drug-likeness (QED) is 0.313. The average molecular weight is 505 g/mol. The van der Waals surface area contributed by atoms with Gasteiger partial charge >= 0.3 is 0 Å². The molecule has 0 radical (unpaired) electrons. The molecule has 0 saturated carbocycles. The summed E-state index contributed by atoms with van der Waals surface area (Å²) in [6.07, 6.45) is 0.677. The second kappa shape index (κ2) is 10.3. The maximum Gasteiger partial charge on any atom is 0.295 e. The lowest BCUT2D eigenvalue weighted by molar-refractivity contribution is -0.140. The number of Topliss-reactive ketones (excluding diaryl/α,β-unsaturated/α-hetero) is 1. The molecule has 0 bridgehead atoms. The van der Waals surface area contributed by atoms with E-state index in [9.17, 15) is 14.7 Å². The van der Waals surface area contributed by atoms with Gasteiger partial charge in [-0.3, -0.25) is 9.59 Å². The molecular formula is C25H26Cl2N2O5. The maximum atomic E-state index is 13.2. The summed E-state index contributed by atoms with van der Waals surface area (Å²) in [6, 6.07) is 9.05. The van der Waals surface area contributed by atoms with Crippen LogP contribution in [0, 0.1) is 0 Å². The predicted molar refractivity (Wildman–Crippen MR) is 130 cm³/mol. The molecule has 34 heavy (non-hydrogen) atoms. The number of rotatable bonds is 8. The van der Waals surface area contributed by atoms with Crippen molar-refractivity contribution in [2.45, 2.75) is 26.3 Å². The highest BCUT2D eigenvalue weighted by Gasteiger charge is 2.46. The van der Waals surface area contributed by atoms with Gasteiger partial charge < -0.3 is 24.4 Å². The third kappa shape index (κ3) is 4.60. The minimum absolute atomic E-state index is 0.00472. The normalized spacial score (nSPS) is 18.9. The van der Waals surface area contributed by atoms with Gasteiger partial charge in [-0.25, -0.2) is 0 Å². The van der Waals surface area contributed by atoms with Gasteiger partial charge in [0.15, 0.2) is 11.5 Å². The van der Waals surface area contributed by atoms with Crippen LogP contribution < -0.4 is 9.47 Å². The van der Waals surface area contributed by atoms with Crippen LogP contribution in [0.3, 0.4) is 0 Å². The van der Waals surface area contributed by atoms with E-state index in [1.807, 2.05) is 0 Å². The smallest absolute Gasteiger partial charge is 0.295 e. The van der Waals surface area contributed by atoms with Gasteiger partial charge in [-0.2, -0.15) is 0 Å². The molecule has 1 N–H and O–H groups in total. The third-order valence-corrected chi connectivity index (χ3v) is 6.95. The SMILES string of the molecule is CCN(CC)CCCN1C(=O)C(=O)/C(=C(/O)c2ccc3c(c2)OCO3)C1c1ccc(Cl)c(Cl)c1. The molecule has 1 fully saturated rings. The van der Waals surface area contributed by atoms with Crippen LogP contribution in [0.5, 0.6) is 11.5 Å². The number of benzene rings is 2. The maximum absolute atomic E-state index is 13.2. The first-order valence-electron chi connectivity index (χ1n) is 11.2. The minimum atomic E-state index is -0.795. The number of ketones is 1. The van der Waals surface area contributed by atoms with Crippen molar-refractivity contribution < 1.29 is 24.2 Å². The van der Waals surface area contributed by atoms with Crippen LogP contribution in [0.15, 0.2) is 42.0 Å². The molecule has 180 valence electrons. The molecule has 1 amide bonds. The summed E-state index contributed by atoms with van der Waals surface area (Å²) in [5, 5.41) is 11.9. The Morgan fingerprint density at radius 1 is 1.06 bits per heavy atom. The summed E-state index contributed by atoms with van der Waals surface area (Å²) >= 11 is 12.4. The standard InChI is InChI=1S/C25H26Cl2N2O5/c1-3-28(4-2)10-5-11-29-22(15-6-8-17(26)18(27)12-15)21(24(31)25(29)32)23(30)16-7-9-19-20(13-16)34-14-33-19/h6-9,12-13,22,30H,3-5,10-11,14H2,1-2H3/b23-21+. The highest BCUT2D eigenvalue weighted by atomic mass is 35.5. The lowest BCUT2D eigenvalue weighted by Gasteiger charge is -2.27. The van der Waals surface area contributed by atoms with Crippen LogP contribution in [0.4, 0.5) is 0 Å². The number of aliphatic hydroxyl groups is 1. The van der Waals surface area contributed by atoms with E-state index in [1.165, 1.54) is 4.90 Å². The molecule has 4 rings (SSSR count). The molecular weight excluding hydrogens is 479 g/mol. The van der Waals surface area contributed by atoms with E-state index >= 15 is 0 Å². The number of nitrogens with zero attached hydrogens (tertiary/aromatic N) is 2. The van der Waals surface area contributed by atoms with Crippen molar-refractivity contribution in [3.8, 4) is 11.5 Å². The van der Waals surface area contributed by atoms with Crippen molar-refractivity contribution in [2.24, 2.45) is 0 Å². The topological polar surface area (TPSA) is 79.3 Å². The number of fused-ring (bicyclic) bond motifs is 1. The first-order valence-corrected chi connectivity index (χ1v) is 12.0. The summed E-state index contributed by atoms with van der Waals surface area (Å²) in [6.45, 7) is 7.18. The van der Waals surface area contributed by atoms with E-state index in [0.29, 0.717) is 45.6 Å². The van der Waals surface area contributed by atoms with Gasteiger partial charge in [0, 0.05) is 12.1 Å². The van der Waals surface area contributed by atoms with E-state index in [0.717, 1.165) is 19.6 Å². The van der Waals surface area contributed by atoms with Crippen LogP contribution in [0.2, 0.25) is 10.0 Å². The number of likely N-dealkylation sites (tertiary alicyclic amines) is 1. The lowest BCUT2D eigenvalue weighted by Crippen LogP contribution is -2.33. The zero-order valence-electron chi connectivity index (χ0n) is 19.0. The number of amides is 1. The molecule has 1 saturated heterocycles. The fourth-order valence-electron chi connectivity index (χ4n) is 4.34. The van der Waals surface area contributed by atoms with Gasteiger partial charge in [0.25, 0.3) is 11.7 Å². The molecule has 2 aromatic carbocycles. The van der Waals surface area contributed by atoms with E-state index in [4.69, 9.17) is 32.7 Å². The molecule has 2 aliphatic rings. The van der Waals surface area contributed by atoms with Gasteiger partial charge in [-0.15, -0.1) is 0 Å². The summed E-state index contributed by atoms with van der Waals surface area (Å²) < 4.78 is 10.7. The van der Waals surface area contributed by atoms with Crippen molar-refractivity contribution in [3.63, 3.8) is 0 Å². The summed E-state index contributed by atoms with van der Waals surface area (Å²) in [4.78, 5) is 30.0. The predicted octanol–water partition coefficient (Wildman–Crippen LogP) is 4.88. The number of carbonyl (C=O) groups is 2. The highest BCUT2D eigenvalue weighted by molar-refractivity contribution is 6.46. The summed E-state index contributed by atoms with van der Waals surface area (Å²) in [7, 11) is 0. The largest absolute Gasteiger partial charge is 0.507 e. The van der Waals surface area contributed by atoms with E-state index < -0.39 is 17.7 Å². The first kappa shape index (κ1) is 24.4. The fraction of sp³-hybridized carbons (Fsp3) is 0.360. The molecule has 0 aliphatic carbocycles. The van der Waals surface area contributed by atoms with Crippen molar-refractivity contribution in [1.29, 1.82) is 0 Å². The molecule has 1 unspecified atom stereocenters. The highest BCUT2D eigenvalue weighted by Crippen LogP contribution is 2.42. The van der Waals surface area contributed by atoms with Crippen LogP contribution in [0.1, 0.15) is 37.4 Å². The van der Waals surface area contributed by atoms with Gasteiger partial charge in [-0.1, -0.05) is 43.1 Å². The van der Waals surface area contributed by atoms with Gasteiger partial charge in [0.1, 0.15) is 5.76 Å². The molecule has 2 heterocycles. The van der Waals surface area contributed by atoms with Crippen molar-refractivity contribution >= 4 is 40.7 Å². The fourth-order valence-corrected chi connectivity index (χ4v) is 4.65. The molecule has 2 aromatic rings. The number of aliphatic hydroxyl groups excluding tert-OH is 1. The number of ether oxygens (including phenoxy) is 2. The monoisotopic (exact) mass is 504 g/mol. The summed E-state index contributed by atoms with van der Waals surface area (Å²) in [5.41, 5.74) is 0.958. The van der Waals surface area contributed by atoms with Crippen LogP contribution in [-0.2, 0) is 9.59 Å². The van der Waals surface area contributed by atoms with Crippen LogP contribution >= 0.6 is 23.2 Å². The molecule has 0 spiro atoms. The van der Waals surface area contributed by atoms with Crippen molar-refractivity contribution in [1.82, 2.24) is 9.80 Å². The van der Waals surface area contributed by atoms with Gasteiger partial charge in [-0.05, 0) is 62.0 Å². The first-order chi connectivity index (χ1) is 16.3. The Balaban J connectivity index is 1.75. The summed E-state index contributed by atoms with van der Waals surface area (Å²) in [5.74, 6) is -0.663. The Kier molecular flexibility index (Phi) is 7.36. The van der Waals surface area contributed by atoms with Crippen LogP contribution in [0.25, 0.3) is 5.76 Å². The van der Waals surface area contributed by atoms with Gasteiger partial charge in [0.05, 0.1) is 21.7 Å². The minimum Gasteiger partial charge on any atom is -0.507 e. The second-order valence-corrected chi connectivity index (χ2v) is 8.93. The Morgan fingerprint density at radius 3 is 2.50 bits per heavy atom. The number of hydrogen-bond acceptors (Lipinski definition) is 6. The molecule has 7 nitrogen and oxygen atoms in total. The third-order valence-electron chi connectivity index (χ3n) is 6.21.